The Morgan fingerprint density at radius 1 is 0.900 bits per heavy atom. The van der Waals surface area contributed by atoms with Crippen LogP contribution in [0, 0.1) is 17.6 Å². The summed E-state index contributed by atoms with van der Waals surface area (Å²) in [5.41, 5.74) is 2.43. The van der Waals surface area contributed by atoms with Gasteiger partial charge in [-0.05, 0) is 61.8 Å². The number of carbonyl (C=O) groups excluding carboxylic acids is 1. The summed E-state index contributed by atoms with van der Waals surface area (Å²) in [4.78, 5) is 18.8. The van der Waals surface area contributed by atoms with Crippen LogP contribution >= 0.6 is 0 Å². The van der Waals surface area contributed by atoms with E-state index in [4.69, 9.17) is 0 Å². The van der Waals surface area contributed by atoms with Crippen molar-refractivity contribution >= 4 is 5.78 Å². The molecule has 154 valence electrons. The van der Waals surface area contributed by atoms with Crippen molar-refractivity contribution in [1.82, 2.24) is 9.88 Å². The Labute approximate surface area is 173 Å². The Balaban J connectivity index is 1.35. The third-order valence-corrected chi connectivity index (χ3v) is 5.55. The van der Waals surface area contributed by atoms with Crippen LogP contribution in [0.2, 0.25) is 0 Å². The lowest BCUT2D eigenvalue weighted by Gasteiger charge is -2.31. The van der Waals surface area contributed by atoms with Gasteiger partial charge in [0.25, 0.3) is 0 Å². The second kappa shape index (κ2) is 8.79. The van der Waals surface area contributed by atoms with E-state index in [9.17, 15) is 18.0 Å². The van der Waals surface area contributed by atoms with E-state index in [1.165, 1.54) is 12.1 Å². The zero-order valence-corrected chi connectivity index (χ0v) is 16.3. The molecule has 6 heteroatoms. The van der Waals surface area contributed by atoms with Gasteiger partial charge in [0.05, 0.1) is 0 Å². The highest BCUT2D eigenvalue weighted by Crippen LogP contribution is 2.27. The minimum atomic E-state index is -1.03. The summed E-state index contributed by atoms with van der Waals surface area (Å²) in [6.45, 7) is 2.53. The maximum Gasteiger partial charge on any atom is 0.213 e. The standard InChI is InChI=1S/C24H21F3N2O/c25-20-9-8-19(14-21(20)26)24(30)18-6-4-16(5-7-18)15-29-12-10-17(11-13-29)22-2-1-3-23(27)28-22/h1-9,14,17H,10-13,15H2. The van der Waals surface area contributed by atoms with Crippen LogP contribution in [0.5, 0.6) is 0 Å². The number of likely N-dealkylation sites (tertiary alicyclic amines) is 1. The molecule has 0 unspecified atom stereocenters. The van der Waals surface area contributed by atoms with E-state index in [2.05, 4.69) is 9.88 Å². The molecule has 1 aliphatic heterocycles. The fourth-order valence-corrected chi connectivity index (χ4v) is 3.86. The quantitative estimate of drug-likeness (QED) is 0.433. The first-order chi connectivity index (χ1) is 14.5. The minimum absolute atomic E-state index is 0.120. The van der Waals surface area contributed by atoms with E-state index in [1.54, 1.807) is 18.2 Å². The Morgan fingerprint density at radius 3 is 2.27 bits per heavy atom. The van der Waals surface area contributed by atoms with Gasteiger partial charge in [-0.3, -0.25) is 9.69 Å². The predicted molar refractivity (Wildman–Crippen MR) is 108 cm³/mol. The first-order valence-corrected chi connectivity index (χ1v) is 9.93. The van der Waals surface area contributed by atoms with Crippen LogP contribution in [0.3, 0.4) is 0 Å². The van der Waals surface area contributed by atoms with Gasteiger partial charge in [0.1, 0.15) is 0 Å². The maximum absolute atomic E-state index is 13.4. The molecular formula is C24H21F3N2O. The number of piperidine rings is 1. The zero-order chi connectivity index (χ0) is 21.1. The number of nitrogens with zero attached hydrogens (tertiary/aromatic N) is 2. The minimum Gasteiger partial charge on any atom is -0.299 e. The third kappa shape index (κ3) is 4.60. The predicted octanol–water partition coefficient (Wildman–Crippen LogP) is 5.11. The number of hydrogen-bond acceptors (Lipinski definition) is 3. The van der Waals surface area contributed by atoms with Crippen LogP contribution in [0.4, 0.5) is 13.2 Å². The van der Waals surface area contributed by atoms with Gasteiger partial charge in [0, 0.05) is 29.3 Å². The van der Waals surface area contributed by atoms with Gasteiger partial charge in [0.15, 0.2) is 17.4 Å². The number of rotatable bonds is 5. The lowest BCUT2D eigenvalue weighted by molar-refractivity contribution is 0.103. The molecule has 4 rings (SSSR count). The van der Waals surface area contributed by atoms with Crippen molar-refractivity contribution in [2.75, 3.05) is 13.1 Å². The second-order valence-corrected chi connectivity index (χ2v) is 7.59. The van der Waals surface area contributed by atoms with E-state index in [-0.39, 0.29) is 17.3 Å². The first kappa shape index (κ1) is 20.3. The van der Waals surface area contributed by atoms with Crippen molar-refractivity contribution < 1.29 is 18.0 Å². The molecule has 2 heterocycles. The summed E-state index contributed by atoms with van der Waals surface area (Å²) in [7, 11) is 0. The number of carbonyl (C=O) groups is 1. The van der Waals surface area contributed by atoms with E-state index >= 15 is 0 Å². The topological polar surface area (TPSA) is 33.2 Å². The fourth-order valence-electron chi connectivity index (χ4n) is 3.86. The summed E-state index contributed by atoms with van der Waals surface area (Å²) in [5, 5.41) is 0. The fraction of sp³-hybridized carbons (Fsp3) is 0.250. The molecule has 1 fully saturated rings. The zero-order valence-electron chi connectivity index (χ0n) is 16.3. The van der Waals surface area contributed by atoms with Gasteiger partial charge in [-0.25, -0.2) is 13.8 Å². The van der Waals surface area contributed by atoms with Crippen LogP contribution in [0.15, 0.2) is 60.7 Å². The molecule has 0 amide bonds. The van der Waals surface area contributed by atoms with Gasteiger partial charge in [-0.2, -0.15) is 4.39 Å². The first-order valence-electron chi connectivity index (χ1n) is 9.93. The molecule has 1 aliphatic rings. The summed E-state index contributed by atoms with van der Waals surface area (Å²) in [6, 6.07) is 15.3. The third-order valence-electron chi connectivity index (χ3n) is 5.55. The number of benzene rings is 2. The Kier molecular flexibility index (Phi) is 5.95. The SMILES string of the molecule is O=C(c1ccc(CN2CCC(c3cccc(F)n3)CC2)cc1)c1ccc(F)c(F)c1. The summed E-state index contributed by atoms with van der Waals surface area (Å²) >= 11 is 0. The van der Waals surface area contributed by atoms with Crippen molar-refractivity contribution in [3.05, 3.63) is 101 Å². The van der Waals surface area contributed by atoms with Crippen LogP contribution in [-0.2, 0) is 6.54 Å². The molecule has 0 spiro atoms. The van der Waals surface area contributed by atoms with Gasteiger partial charge >= 0.3 is 0 Å². The lowest BCUT2D eigenvalue weighted by atomic mass is 9.92. The molecule has 1 saturated heterocycles. The molecule has 0 bridgehead atoms. The van der Waals surface area contributed by atoms with Crippen LogP contribution in [0.25, 0.3) is 0 Å². The van der Waals surface area contributed by atoms with Crippen molar-refractivity contribution in [2.45, 2.75) is 25.3 Å². The molecule has 3 aromatic rings. The normalized spacial score (nSPS) is 15.3. The average molecular weight is 410 g/mol. The van der Waals surface area contributed by atoms with Crippen molar-refractivity contribution in [2.24, 2.45) is 0 Å². The molecule has 2 aromatic carbocycles. The van der Waals surface area contributed by atoms with E-state index in [0.717, 1.165) is 55.9 Å². The van der Waals surface area contributed by atoms with E-state index in [0.29, 0.717) is 5.56 Å². The van der Waals surface area contributed by atoms with E-state index < -0.39 is 17.6 Å². The highest BCUT2D eigenvalue weighted by molar-refractivity contribution is 6.08. The number of hydrogen-bond donors (Lipinski definition) is 0. The number of halogens is 3. The lowest BCUT2D eigenvalue weighted by Crippen LogP contribution is -2.32. The summed E-state index contributed by atoms with van der Waals surface area (Å²) in [6.07, 6.45) is 1.84. The molecule has 0 saturated carbocycles. The molecule has 3 nitrogen and oxygen atoms in total. The Hall–Kier alpha value is -2.99. The van der Waals surface area contributed by atoms with E-state index in [1.807, 2.05) is 18.2 Å². The van der Waals surface area contributed by atoms with Gasteiger partial charge in [0.2, 0.25) is 5.95 Å². The number of ketones is 1. The Morgan fingerprint density at radius 2 is 1.60 bits per heavy atom. The largest absolute Gasteiger partial charge is 0.299 e. The molecule has 1 aromatic heterocycles. The van der Waals surface area contributed by atoms with Crippen LogP contribution in [-0.4, -0.2) is 28.8 Å². The van der Waals surface area contributed by atoms with Gasteiger partial charge in [-0.1, -0.05) is 30.3 Å². The number of pyridine rings is 1. The highest BCUT2D eigenvalue weighted by atomic mass is 19.2. The monoisotopic (exact) mass is 410 g/mol. The van der Waals surface area contributed by atoms with Gasteiger partial charge < -0.3 is 0 Å². The smallest absolute Gasteiger partial charge is 0.213 e. The summed E-state index contributed by atoms with van der Waals surface area (Å²) < 4.78 is 39.8. The van der Waals surface area contributed by atoms with Gasteiger partial charge in [-0.15, -0.1) is 0 Å². The molecular weight excluding hydrogens is 389 g/mol. The van der Waals surface area contributed by atoms with Crippen molar-refractivity contribution in [3.8, 4) is 0 Å². The average Bonchev–Trinajstić information content (AvgIpc) is 2.76. The highest BCUT2D eigenvalue weighted by Gasteiger charge is 2.22. The maximum atomic E-state index is 13.4. The Bertz CT molecular complexity index is 1040. The second-order valence-electron chi connectivity index (χ2n) is 7.59. The number of aromatic nitrogens is 1. The van der Waals surface area contributed by atoms with Crippen molar-refractivity contribution in [3.63, 3.8) is 0 Å². The molecule has 0 aliphatic carbocycles. The molecule has 0 N–H and O–H groups in total. The molecule has 0 radical (unpaired) electrons. The molecule has 0 atom stereocenters. The van der Waals surface area contributed by atoms with Crippen molar-refractivity contribution in [1.29, 1.82) is 0 Å². The molecule has 30 heavy (non-hydrogen) atoms. The van der Waals surface area contributed by atoms with Crippen LogP contribution in [0.1, 0.15) is 45.9 Å². The summed E-state index contributed by atoms with van der Waals surface area (Å²) in [5.74, 6) is -2.52. The van der Waals surface area contributed by atoms with Crippen LogP contribution < -0.4 is 0 Å².